The fourth-order valence-electron chi connectivity index (χ4n) is 2.24. The molecule has 0 N–H and O–H groups in total. The first-order valence-corrected chi connectivity index (χ1v) is 6.73. The Bertz CT molecular complexity index is 695. The van der Waals surface area contributed by atoms with Crippen LogP contribution in [-0.4, -0.2) is 4.98 Å². The van der Waals surface area contributed by atoms with Gasteiger partial charge in [-0.05, 0) is 43.2 Å². The van der Waals surface area contributed by atoms with Crippen LogP contribution in [0.3, 0.4) is 0 Å². The highest BCUT2D eigenvalue weighted by Gasteiger charge is 2.08. The predicted molar refractivity (Wildman–Crippen MR) is 78.2 cm³/mol. The first kappa shape index (κ1) is 12.0. The van der Waals surface area contributed by atoms with Crippen molar-refractivity contribution in [3.8, 4) is 11.5 Å². The van der Waals surface area contributed by atoms with Gasteiger partial charge in [-0.3, -0.25) is 0 Å². The van der Waals surface area contributed by atoms with Gasteiger partial charge >= 0.3 is 0 Å². The lowest BCUT2D eigenvalue weighted by Crippen LogP contribution is -1.82. The van der Waals surface area contributed by atoms with Gasteiger partial charge in [0.25, 0.3) is 0 Å². The number of fused-ring (bicyclic) bond motifs is 1. The summed E-state index contributed by atoms with van der Waals surface area (Å²) in [6.07, 6.45) is 2.23. The zero-order chi connectivity index (χ0) is 13.2. The maximum atomic E-state index is 5.82. The number of aromatic nitrogens is 1. The Morgan fingerprint density at radius 1 is 1.05 bits per heavy atom. The molecule has 0 bridgehead atoms. The maximum absolute atomic E-state index is 5.82. The molecule has 0 amide bonds. The van der Waals surface area contributed by atoms with Crippen molar-refractivity contribution in [2.45, 2.75) is 26.7 Å². The van der Waals surface area contributed by atoms with Crippen LogP contribution >= 0.6 is 0 Å². The van der Waals surface area contributed by atoms with Crippen LogP contribution in [-0.2, 0) is 6.42 Å². The second-order valence-electron chi connectivity index (χ2n) is 4.94. The van der Waals surface area contributed by atoms with Gasteiger partial charge in [0, 0.05) is 5.56 Å². The molecule has 0 saturated carbocycles. The van der Waals surface area contributed by atoms with Crippen LogP contribution in [0.4, 0.5) is 0 Å². The zero-order valence-corrected chi connectivity index (χ0v) is 11.3. The van der Waals surface area contributed by atoms with E-state index in [4.69, 9.17) is 4.42 Å². The number of hydrogen-bond acceptors (Lipinski definition) is 2. The number of nitrogens with zero attached hydrogens (tertiary/aromatic N) is 1. The summed E-state index contributed by atoms with van der Waals surface area (Å²) in [4.78, 5) is 4.59. The molecule has 1 heterocycles. The number of benzene rings is 2. The number of aryl methyl sites for hydroxylation is 2. The van der Waals surface area contributed by atoms with Gasteiger partial charge in [-0.1, -0.05) is 37.1 Å². The molecule has 0 radical (unpaired) electrons. The number of rotatable bonds is 3. The van der Waals surface area contributed by atoms with Crippen molar-refractivity contribution in [3.63, 3.8) is 0 Å². The SMILES string of the molecule is CCCc1ccc2oc(-c3ccc(C)cc3)nc2c1. The summed E-state index contributed by atoms with van der Waals surface area (Å²) in [6.45, 7) is 4.26. The van der Waals surface area contributed by atoms with Crippen LogP contribution in [0.2, 0.25) is 0 Å². The molecule has 0 unspecified atom stereocenters. The molecule has 3 rings (SSSR count). The van der Waals surface area contributed by atoms with E-state index in [1.165, 1.54) is 11.1 Å². The highest BCUT2D eigenvalue weighted by molar-refractivity contribution is 5.76. The summed E-state index contributed by atoms with van der Waals surface area (Å²) < 4.78 is 5.82. The molecule has 19 heavy (non-hydrogen) atoms. The van der Waals surface area contributed by atoms with E-state index in [1.807, 2.05) is 18.2 Å². The van der Waals surface area contributed by atoms with E-state index in [0.29, 0.717) is 5.89 Å². The topological polar surface area (TPSA) is 26.0 Å². The molecule has 3 aromatic rings. The average molecular weight is 251 g/mol. The Labute approximate surface area is 113 Å². The normalized spacial score (nSPS) is 11.1. The second-order valence-corrected chi connectivity index (χ2v) is 4.94. The molecular weight excluding hydrogens is 234 g/mol. The van der Waals surface area contributed by atoms with Crippen molar-refractivity contribution in [1.29, 1.82) is 0 Å². The molecule has 2 nitrogen and oxygen atoms in total. The highest BCUT2D eigenvalue weighted by atomic mass is 16.3. The van der Waals surface area contributed by atoms with Gasteiger partial charge in [0.05, 0.1) is 0 Å². The first-order chi connectivity index (χ1) is 9.26. The summed E-state index contributed by atoms with van der Waals surface area (Å²) in [5.41, 5.74) is 5.39. The van der Waals surface area contributed by atoms with E-state index in [0.717, 1.165) is 29.5 Å². The zero-order valence-electron chi connectivity index (χ0n) is 11.3. The van der Waals surface area contributed by atoms with Crippen LogP contribution in [0.1, 0.15) is 24.5 Å². The Kier molecular flexibility index (Phi) is 3.08. The Hall–Kier alpha value is -2.09. The van der Waals surface area contributed by atoms with E-state index in [1.54, 1.807) is 0 Å². The molecule has 0 saturated heterocycles. The molecule has 0 aliphatic carbocycles. The largest absolute Gasteiger partial charge is 0.436 e. The van der Waals surface area contributed by atoms with Crippen molar-refractivity contribution < 1.29 is 4.42 Å². The van der Waals surface area contributed by atoms with E-state index in [2.05, 4.69) is 43.1 Å². The number of hydrogen-bond donors (Lipinski definition) is 0. The van der Waals surface area contributed by atoms with Gasteiger partial charge < -0.3 is 4.42 Å². The third-order valence-electron chi connectivity index (χ3n) is 3.29. The summed E-state index contributed by atoms with van der Waals surface area (Å²) >= 11 is 0. The van der Waals surface area contributed by atoms with Crippen molar-refractivity contribution in [1.82, 2.24) is 4.98 Å². The Morgan fingerprint density at radius 2 is 1.84 bits per heavy atom. The summed E-state index contributed by atoms with van der Waals surface area (Å²) in [5.74, 6) is 0.698. The minimum atomic E-state index is 0.698. The van der Waals surface area contributed by atoms with Crippen LogP contribution in [0.15, 0.2) is 46.9 Å². The summed E-state index contributed by atoms with van der Waals surface area (Å²) in [6, 6.07) is 14.5. The van der Waals surface area contributed by atoms with E-state index in [-0.39, 0.29) is 0 Å². The van der Waals surface area contributed by atoms with Crippen molar-refractivity contribution in [2.24, 2.45) is 0 Å². The molecular formula is C17H17NO. The maximum Gasteiger partial charge on any atom is 0.227 e. The van der Waals surface area contributed by atoms with Gasteiger partial charge in [0.1, 0.15) is 5.52 Å². The van der Waals surface area contributed by atoms with Crippen LogP contribution < -0.4 is 0 Å². The standard InChI is InChI=1S/C17H17NO/c1-3-4-13-7-10-16-15(11-13)18-17(19-16)14-8-5-12(2)6-9-14/h5-11H,3-4H2,1-2H3. The third-order valence-corrected chi connectivity index (χ3v) is 3.29. The fourth-order valence-corrected chi connectivity index (χ4v) is 2.24. The molecule has 2 heteroatoms. The molecule has 1 aromatic heterocycles. The van der Waals surface area contributed by atoms with Gasteiger partial charge in [-0.2, -0.15) is 0 Å². The van der Waals surface area contributed by atoms with Crippen molar-refractivity contribution in [3.05, 3.63) is 53.6 Å². The highest BCUT2D eigenvalue weighted by Crippen LogP contribution is 2.25. The lowest BCUT2D eigenvalue weighted by atomic mass is 10.1. The lowest BCUT2D eigenvalue weighted by Gasteiger charge is -1.95. The van der Waals surface area contributed by atoms with Gasteiger partial charge in [-0.25, -0.2) is 4.98 Å². The Balaban J connectivity index is 2.03. The van der Waals surface area contributed by atoms with E-state index < -0.39 is 0 Å². The van der Waals surface area contributed by atoms with E-state index in [9.17, 15) is 0 Å². The van der Waals surface area contributed by atoms with Crippen molar-refractivity contribution >= 4 is 11.1 Å². The summed E-state index contributed by atoms with van der Waals surface area (Å²) in [5, 5.41) is 0. The van der Waals surface area contributed by atoms with Gasteiger partial charge in [0.15, 0.2) is 5.58 Å². The van der Waals surface area contributed by atoms with Gasteiger partial charge in [-0.15, -0.1) is 0 Å². The first-order valence-electron chi connectivity index (χ1n) is 6.73. The molecule has 0 aliphatic rings. The van der Waals surface area contributed by atoms with Crippen LogP contribution in [0.25, 0.3) is 22.6 Å². The Morgan fingerprint density at radius 3 is 2.58 bits per heavy atom. The van der Waals surface area contributed by atoms with E-state index >= 15 is 0 Å². The molecule has 2 aromatic carbocycles. The van der Waals surface area contributed by atoms with Crippen molar-refractivity contribution in [2.75, 3.05) is 0 Å². The monoisotopic (exact) mass is 251 g/mol. The minimum Gasteiger partial charge on any atom is -0.436 e. The summed E-state index contributed by atoms with van der Waals surface area (Å²) in [7, 11) is 0. The molecule has 96 valence electrons. The van der Waals surface area contributed by atoms with Gasteiger partial charge in [0.2, 0.25) is 5.89 Å². The predicted octanol–water partition coefficient (Wildman–Crippen LogP) is 4.76. The smallest absolute Gasteiger partial charge is 0.227 e. The molecule has 0 aliphatic heterocycles. The molecule has 0 spiro atoms. The lowest BCUT2D eigenvalue weighted by molar-refractivity contribution is 0.620. The van der Waals surface area contributed by atoms with Crippen LogP contribution in [0.5, 0.6) is 0 Å². The third kappa shape index (κ3) is 2.39. The number of oxazole rings is 1. The second kappa shape index (κ2) is 4.88. The molecule has 0 atom stereocenters. The fraction of sp³-hybridized carbons (Fsp3) is 0.235. The minimum absolute atomic E-state index is 0.698. The van der Waals surface area contributed by atoms with Crippen LogP contribution in [0, 0.1) is 6.92 Å². The quantitative estimate of drug-likeness (QED) is 0.671. The average Bonchev–Trinajstić information content (AvgIpc) is 2.83. The molecule has 0 fully saturated rings.